The second kappa shape index (κ2) is 8.38. The lowest BCUT2D eigenvalue weighted by atomic mass is 10.1. The minimum absolute atomic E-state index is 0.176. The van der Waals surface area contributed by atoms with Crippen LogP contribution in [0.1, 0.15) is 17.2 Å². The molecular formula is C20H26FN3. The summed E-state index contributed by atoms with van der Waals surface area (Å²) in [5, 5.41) is 3.62. The van der Waals surface area contributed by atoms with E-state index in [0.29, 0.717) is 6.54 Å². The molecule has 0 bridgehead atoms. The number of nitrogens with one attached hydrogen (secondary N) is 1. The van der Waals surface area contributed by atoms with Crippen molar-refractivity contribution in [3.8, 4) is 0 Å². The third-order valence-corrected chi connectivity index (χ3v) is 4.68. The third-order valence-electron chi connectivity index (χ3n) is 4.68. The Hall–Kier alpha value is -1.75. The SMILES string of the molecule is CN1CCN(C[C@H](NCc2cccc(F)c2)c2ccccc2)CC1. The van der Waals surface area contributed by atoms with E-state index in [0.717, 1.165) is 38.3 Å². The van der Waals surface area contributed by atoms with Gasteiger partial charge in [-0.2, -0.15) is 0 Å². The number of likely N-dealkylation sites (N-methyl/N-ethyl adjacent to an activating group) is 1. The van der Waals surface area contributed by atoms with Gasteiger partial charge >= 0.3 is 0 Å². The lowest BCUT2D eigenvalue weighted by Crippen LogP contribution is -2.47. The zero-order valence-electron chi connectivity index (χ0n) is 14.3. The highest BCUT2D eigenvalue weighted by molar-refractivity contribution is 5.21. The Labute approximate surface area is 144 Å². The Morgan fingerprint density at radius 3 is 2.46 bits per heavy atom. The van der Waals surface area contributed by atoms with Crippen LogP contribution in [-0.2, 0) is 6.54 Å². The molecule has 3 rings (SSSR count). The number of hydrogen-bond acceptors (Lipinski definition) is 3. The first kappa shape index (κ1) is 17.1. The zero-order valence-corrected chi connectivity index (χ0v) is 14.3. The number of hydrogen-bond donors (Lipinski definition) is 1. The molecule has 1 atom stereocenters. The summed E-state index contributed by atoms with van der Waals surface area (Å²) in [7, 11) is 2.17. The van der Waals surface area contributed by atoms with Crippen LogP contribution in [0, 0.1) is 5.82 Å². The second-order valence-corrected chi connectivity index (χ2v) is 6.58. The highest BCUT2D eigenvalue weighted by atomic mass is 19.1. The van der Waals surface area contributed by atoms with E-state index in [4.69, 9.17) is 0 Å². The summed E-state index contributed by atoms with van der Waals surface area (Å²) in [5.74, 6) is -0.176. The Morgan fingerprint density at radius 1 is 1.00 bits per heavy atom. The molecule has 1 heterocycles. The Kier molecular flexibility index (Phi) is 5.96. The molecule has 1 fully saturated rings. The number of piperazine rings is 1. The van der Waals surface area contributed by atoms with Crippen molar-refractivity contribution in [3.63, 3.8) is 0 Å². The van der Waals surface area contributed by atoms with E-state index in [9.17, 15) is 4.39 Å². The van der Waals surface area contributed by atoms with Crippen LogP contribution < -0.4 is 5.32 Å². The van der Waals surface area contributed by atoms with E-state index in [1.54, 1.807) is 12.1 Å². The van der Waals surface area contributed by atoms with Crippen LogP contribution in [0.25, 0.3) is 0 Å². The Balaban J connectivity index is 1.66. The molecule has 24 heavy (non-hydrogen) atoms. The van der Waals surface area contributed by atoms with E-state index in [1.165, 1.54) is 11.6 Å². The predicted octanol–water partition coefficient (Wildman–Crippen LogP) is 2.90. The summed E-state index contributed by atoms with van der Waals surface area (Å²) in [4.78, 5) is 4.88. The van der Waals surface area contributed by atoms with Crippen LogP contribution in [-0.4, -0.2) is 49.6 Å². The van der Waals surface area contributed by atoms with Crippen molar-refractivity contribution in [1.82, 2.24) is 15.1 Å². The first-order chi connectivity index (χ1) is 11.7. The van der Waals surface area contributed by atoms with Crippen molar-refractivity contribution < 1.29 is 4.39 Å². The van der Waals surface area contributed by atoms with E-state index < -0.39 is 0 Å². The molecule has 0 amide bonds. The lowest BCUT2D eigenvalue weighted by molar-refractivity contribution is 0.142. The standard InChI is InChI=1S/C20H26FN3/c1-23-10-12-24(13-11-23)16-20(18-7-3-2-4-8-18)22-15-17-6-5-9-19(21)14-17/h2-9,14,20,22H,10-13,15-16H2,1H3/t20-/m0/s1. The van der Waals surface area contributed by atoms with Crippen molar-refractivity contribution in [2.24, 2.45) is 0 Å². The monoisotopic (exact) mass is 327 g/mol. The van der Waals surface area contributed by atoms with Gasteiger partial charge < -0.3 is 10.2 Å². The van der Waals surface area contributed by atoms with Gasteiger partial charge in [-0.1, -0.05) is 42.5 Å². The lowest BCUT2D eigenvalue weighted by Gasteiger charge is -2.35. The van der Waals surface area contributed by atoms with Gasteiger partial charge in [0.2, 0.25) is 0 Å². The van der Waals surface area contributed by atoms with Crippen molar-refractivity contribution in [3.05, 3.63) is 71.5 Å². The molecule has 2 aromatic rings. The minimum Gasteiger partial charge on any atom is -0.305 e. The van der Waals surface area contributed by atoms with E-state index in [1.807, 2.05) is 12.1 Å². The average molecular weight is 327 g/mol. The topological polar surface area (TPSA) is 18.5 Å². The molecule has 0 saturated carbocycles. The predicted molar refractivity (Wildman–Crippen MR) is 96.4 cm³/mol. The van der Waals surface area contributed by atoms with Gasteiger partial charge in [0.05, 0.1) is 0 Å². The average Bonchev–Trinajstić information content (AvgIpc) is 2.61. The largest absolute Gasteiger partial charge is 0.305 e. The smallest absolute Gasteiger partial charge is 0.123 e. The number of rotatable bonds is 6. The summed E-state index contributed by atoms with van der Waals surface area (Å²) >= 11 is 0. The maximum absolute atomic E-state index is 13.4. The Bertz CT molecular complexity index is 624. The summed E-state index contributed by atoms with van der Waals surface area (Å²) in [5.41, 5.74) is 2.27. The van der Waals surface area contributed by atoms with Gasteiger partial charge in [-0.3, -0.25) is 4.90 Å². The molecular weight excluding hydrogens is 301 g/mol. The van der Waals surface area contributed by atoms with Crippen molar-refractivity contribution >= 4 is 0 Å². The second-order valence-electron chi connectivity index (χ2n) is 6.58. The Morgan fingerprint density at radius 2 is 1.75 bits per heavy atom. The zero-order chi connectivity index (χ0) is 16.8. The maximum Gasteiger partial charge on any atom is 0.123 e. The number of halogens is 1. The van der Waals surface area contributed by atoms with Gasteiger partial charge in [0.25, 0.3) is 0 Å². The third kappa shape index (κ3) is 4.87. The fourth-order valence-corrected chi connectivity index (χ4v) is 3.15. The molecule has 1 aliphatic rings. The van der Waals surface area contributed by atoms with Crippen LogP contribution in [0.4, 0.5) is 4.39 Å². The molecule has 0 radical (unpaired) electrons. The molecule has 2 aromatic carbocycles. The van der Waals surface area contributed by atoms with Gasteiger partial charge in [0.1, 0.15) is 5.82 Å². The molecule has 0 unspecified atom stereocenters. The van der Waals surface area contributed by atoms with Crippen LogP contribution in [0.5, 0.6) is 0 Å². The van der Waals surface area contributed by atoms with Gasteiger partial charge in [-0.15, -0.1) is 0 Å². The van der Waals surface area contributed by atoms with Crippen molar-refractivity contribution in [2.45, 2.75) is 12.6 Å². The quantitative estimate of drug-likeness (QED) is 0.880. The summed E-state index contributed by atoms with van der Waals surface area (Å²) < 4.78 is 13.4. The van der Waals surface area contributed by atoms with E-state index in [-0.39, 0.29) is 11.9 Å². The molecule has 0 aliphatic carbocycles. The van der Waals surface area contributed by atoms with E-state index >= 15 is 0 Å². The maximum atomic E-state index is 13.4. The molecule has 128 valence electrons. The number of nitrogens with zero attached hydrogens (tertiary/aromatic N) is 2. The van der Waals surface area contributed by atoms with Gasteiger partial charge in [0.15, 0.2) is 0 Å². The molecule has 3 nitrogen and oxygen atoms in total. The first-order valence-corrected chi connectivity index (χ1v) is 8.64. The van der Waals surface area contributed by atoms with Gasteiger partial charge in [-0.25, -0.2) is 4.39 Å². The van der Waals surface area contributed by atoms with Crippen molar-refractivity contribution in [1.29, 1.82) is 0 Å². The van der Waals surface area contributed by atoms with Crippen LogP contribution >= 0.6 is 0 Å². The molecule has 4 heteroatoms. The fraction of sp³-hybridized carbons (Fsp3) is 0.400. The molecule has 0 spiro atoms. The molecule has 1 aliphatic heterocycles. The summed E-state index contributed by atoms with van der Waals surface area (Å²) in [6.07, 6.45) is 0. The van der Waals surface area contributed by atoms with Crippen LogP contribution in [0.2, 0.25) is 0 Å². The highest BCUT2D eigenvalue weighted by Gasteiger charge is 2.19. The molecule has 1 saturated heterocycles. The summed E-state index contributed by atoms with van der Waals surface area (Å²) in [6, 6.07) is 17.6. The van der Waals surface area contributed by atoms with Crippen molar-refractivity contribution in [2.75, 3.05) is 39.8 Å². The normalized spacial score (nSPS) is 17.8. The van der Waals surface area contributed by atoms with Crippen LogP contribution in [0.15, 0.2) is 54.6 Å². The molecule has 0 aromatic heterocycles. The first-order valence-electron chi connectivity index (χ1n) is 8.64. The van der Waals surface area contributed by atoms with Gasteiger partial charge in [-0.05, 0) is 30.3 Å². The van der Waals surface area contributed by atoms with Gasteiger partial charge in [0, 0.05) is 45.3 Å². The molecule has 1 N–H and O–H groups in total. The van der Waals surface area contributed by atoms with Crippen LogP contribution in [0.3, 0.4) is 0 Å². The summed E-state index contributed by atoms with van der Waals surface area (Å²) in [6.45, 7) is 6.08. The van der Waals surface area contributed by atoms with E-state index in [2.05, 4.69) is 46.4 Å². The minimum atomic E-state index is -0.176. The highest BCUT2D eigenvalue weighted by Crippen LogP contribution is 2.16. The number of benzene rings is 2. The fourth-order valence-electron chi connectivity index (χ4n) is 3.15.